The van der Waals surface area contributed by atoms with Crippen molar-refractivity contribution in [3.8, 4) is 11.1 Å². The Hall–Kier alpha value is -4.47. The fourth-order valence-corrected chi connectivity index (χ4v) is 9.15. The number of piperazine rings is 1. The molecule has 396 valence electrons. The summed E-state index contributed by atoms with van der Waals surface area (Å²) in [4.78, 5) is 13.5. The van der Waals surface area contributed by atoms with E-state index in [4.69, 9.17) is 11.6 Å². The molecule has 2 saturated heterocycles. The average molecular weight is 997 g/mol. The summed E-state index contributed by atoms with van der Waals surface area (Å²) in [5.74, 6) is 0.777. The van der Waals surface area contributed by atoms with Gasteiger partial charge in [-0.3, -0.25) is 5.41 Å². The monoisotopic (exact) mass is 996 g/mol. The molecule has 1 N–H and O–H groups in total. The maximum absolute atomic E-state index is 14.7. The van der Waals surface area contributed by atoms with E-state index in [0.717, 1.165) is 136 Å². The number of amidine groups is 1. The highest BCUT2D eigenvalue weighted by atomic mass is 35.5. The number of hydrogen-bond acceptors (Lipinski definition) is 6. The first-order chi connectivity index (χ1) is 34.0. The second-order valence-electron chi connectivity index (χ2n) is 19.1. The molecule has 3 aromatic carbocycles. The van der Waals surface area contributed by atoms with E-state index >= 15 is 0 Å². The molecule has 0 aromatic heterocycles. The summed E-state index contributed by atoms with van der Waals surface area (Å²) in [6, 6.07) is 14.6. The first kappa shape index (κ1) is 64.5. The van der Waals surface area contributed by atoms with E-state index in [1.165, 1.54) is 36.8 Å². The molecule has 7 nitrogen and oxygen atoms in total. The molecule has 2 fully saturated rings. The van der Waals surface area contributed by atoms with Crippen molar-refractivity contribution in [3.05, 3.63) is 138 Å². The first-order valence-corrected chi connectivity index (χ1v) is 27.0. The second kappa shape index (κ2) is 36.4. The minimum atomic E-state index is -0.0898. The highest BCUT2D eigenvalue weighted by Crippen LogP contribution is 2.44. The molecule has 5 rings (SSSR count). The summed E-state index contributed by atoms with van der Waals surface area (Å²) in [7, 11) is 12.4. The summed E-state index contributed by atoms with van der Waals surface area (Å²) in [6.07, 6.45) is 21.4. The number of anilines is 1. The topological polar surface area (TPSA) is 43.3 Å². The predicted octanol–water partition coefficient (Wildman–Crippen LogP) is 15.3. The van der Waals surface area contributed by atoms with Gasteiger partial charge in [0.25, 0.3) is 0 Å². The number of aryl methyl sites for hydroxylation is 1. The number of unbranched alkanes of at least 4 members (excludes halogenated alkanes) is 4. The molecule has 0 spiro atoms. The molecule has 2 aliphatic heterocycles. The van der Waals surface area contributed by atoms with Gasteiger partial charge in [-0.1, -0.05) is 133 Å². The van der Waals surface area contributed by atoms with Crippen molar-refractivity contribution in [2.24, 2.45) is 0 Å². The lowest BCUT2D eigenvalue weighted by molar-refractivity contribution is 0.206. The smallest absolute Gasteiger partial charge is 0.130 e. The van der Waals surface area contributed by atoms with Gasteiger partial charge < -0.3 is 29.4 Å². The molecule has 2 heterocycles. The Morgan fingerprint density at radius 3 is 1.96 bits per heavy atom. The summed E-state index contributed by atoms with van der Waals surface area (Å²) in [5, 5.41) is 10.1. The highest BCUT2D eigenvalue weighted by Gasteiger charge is 2.27. The van der Waals surface area contributed by atoms with Crippen LogP contribution < -0.4 is 4.90 Å². The van der Waals surface area contributed by atoms with Crippen molar-refractivity contribution in [3.63, 3.8) is 0 Å². The molecule has 0 saturated carbocycles. The van der Waals surface area contributed by atoms with E-state index in [0.29, 0.717) is 22.8 Å². The minimum absolute atomic E-state index is 0.0898. The van der Waals surface area contributed by atoms with E-state index in [2.05, 4.69) is 131 Å². The van der Waals surface area contributed by atoms with Crippen molar-refractivity contribution in [1.82, 2.24) is 24.5 Å². The van der Waals surface area contributed by atoms with Gasteiger partial charge in [-0.15, -0.1) is 13.2 Å². The van der Waals surface area contributed by atoms with Gasteiger partial charge in [0.05, 0.1) is 5.69 Å². The van der Waals surface area contributed by atoms with Crippen LogP contribution in [0.5, 0.6) is 0 Å². The zero-order valence-corrected chi connectivity index (χ0v) is 47.7. The van der Waals surface area contributed by atoms with Crippen LogP contribution >= 0.6 is 11.6 Å². The van der Waals surface area contributed by atoms with E-state index in [-0.39, 0.29) is 5.82 Å². The lowest BCUT2D eigenvalue weighted by Gasteiger charge is -2.36. The van der Waals surface area contributed by atoms with Crippen molar-refractivity contribution < 1.29 is 4.39 Å². The van der Waals surface area contributed by atoms with Gasteiger partial charge in [0.2, 0.25) is 0 Å². The molecule has 0 radical (unpaired) electrons. The predicted molar refractivity (Wildman–Crippen MR) is 317 cm³/mol. The van der Waals surface area contributed by atoms with Crippen LogP contribution in [0.1, 0.15) is 138 Å². The van der Waals surface area contributed by atoms with Crippen LogP contribution in [-0.4, -0.2) is 131 Å². The van der Waals surface area contributed by atoms with E-state index in [1.54, 1.807) is 18.3 Å². The van der Waals surface area contributed by atoms with Crippen LogP contribution in [0, 0.1) is 18.2 Å². The number of hydrogen-bond donors (Lipinski definition) is 1. The quantitative estimate of drug-likeness (QED) is 0.0496. The molecule has 0 bridgehead atoms. The molecule has 9 heteroatoms. The number of benzene rings is 3. The van der Waals surface area contributed by atoms with Gasteiger partial charge in [0.1, 0.15) is 11.7 Å². The maximum Gasteiger partial charge on any atom is 0.130 e. The Labute approximate surface area is 440 Å². The number of nitrogens with one attached hydrogen (secondary N) is 1. The van der Waals surface area contributed by atoms with Gasteiger partial charge in [0, 0.05) is 76.6 Å². The number of halogens is 2. The van der Waals surface area contributed by atoms with Crippen LogP contribution in [0.25, 0.3) is 23.3 Å². The molecule has 0 aliphatic carbocycles. The SMILES string of the molecule is C=CCC.C=CCCC(C)N(C)CC.C=CN(C)C.C=Cc1ccc(C2CCN(CCCCCCCc3c(-c4c(C)cccc4C=C)c(Cl)cc(C(=N)N4CCN(C)CC4)c3N(C)C)CC2)c(F)c1.CC. The Bertz CT molecular complexity index is 2030. The Morgan fingerprint density at radius 2 is 1.44 bits per heavy atom. The van der Waals surface area contributed by atoms with Crippen LogP contribution in [0.2, 0.25) is 5.02 Å². The Morgan fingerprint density at radius 1 is 0.831 bits per heavy atom. The zero-order chi connectivity index (χ0) is 53.5. The maximum atomic E-state index is 14.7. The summed E-state index contributed by atoms with van der Waals surface area (Å²) in [6.45, 7) is 39.1. The largest absolute Gasteiger partial charge is 0.384 e. The van der Waals surface area contributed by atoms with Gasteiger partial charge in [-0.2, -0.15) is 0 Å². The van der Waals surface area contributed by atoms with Crippen molar-refractivity contribution >= 4 is 35.3 Å². The van der Waals surface area contributed by atoms with Gasteiger partial charge in [0.15, 0.2) is 0 Å². The standard InChI is InChI=1S/C43H57ClFN5.C9H19N.C4H9N.C4H8.C2H6/c1-7-32-18-19-35(39(45)29-32)34-20-23-49(24-21-34)22-13-11-9-10-12-17-36-41(40-31(3)15-14-16-33(40)8-2)38(44)30-37(42(36)47(4)5)43(46)50-27-25-48(6)26-28-50;1-5-7-8-9(3)10(4)6-2;1-4-5(2)3;1-3-4-2;1-2/h7-8,14-16,18-19,29-30,34,46H,1-2,9-13,17,20-28H2,3-6H3;5,9H,1,6-8H2,2-4H3;4H,1H2,2-3H3;3H,1,4H2,2H3;1-2H3. The average Bonchev–Trinajstić information content (AvgIpc) is 3.38. The van der Waals surface area contributed by atoms with Gasteiger partial charge >= 0.3 is 0 Å². The lowest BCUT2D eigenvalue weighted by atomic mass is 9.86. The summed E-state index contributed by atoms with van der Waals surface area (Å²) in [5.41, 5.74) is 9.44. The van der Waals surface area contributed by atoms with Crippen LogP contribution in [-0.2, 0) is 6.42 Å². The number of nitrogens with zero attached hydrogens (tertiary/aromatic N) is 6. The summed E-state index contributed by atoms with van der Waals surface area (Å²) < 4.78 is 14.7. The number of likely N-dealkylation sites (N-methyl/N-ethyl adjacent to an activating group) is 1. The third-order valence-electron chi connectivity index (χ3n) is 13.5. The normalized spacial score (nSPS) is 14.2. The lowest BCUT2D eigenvalue weighted by Crippen LogP contribution is -2.47. The summed E-state index contributed by atoms with van der Waals surface area (Å²) >= 11 is 7.27. The van der Waals surface area contributed by atoms with Crippen LogP contribution in [0.15, 0.2) is 93.7 Å². The van der Waals surface area contributed by atoms with Crippen molar-refractivity contribution in [2.75, 3.05) is 99.5 Å². The molecule has 3 aromatic rings. The molecule has 1 atom stereocenters. The Balaban J connectivity index is 0.00000101. The fraction of sp³-hybridized carbons (Fsp3) is 0.532. The van der Waals surface area contributed by atoms with Crippen molar-refractivity contribution in [1.29, 1.82) is 5.41 Å². The van der Waals surface area contributed by atoms with Gasteiger partial charge in [-0.25, -0.2) is 4.39 Å². The molecular weight excluding hydrogens is 897 g/mol. The fourth-order valence-electron chi connectivity index (χ4n) is 8.83. The van der Waals surface area contributed by atoms with Crippen molar-refractivity contribution in [2.45, 2.75) is 124 Å². The first-order valence-electron chi connectivity index (χ1n) is 26.7. The number of allylic oxidation sites excluding steroid dienone is 2. The third-order valence-corrected chi connectivity index (χ3v) is 13.8. The number of piperidine rings is 1. The third kappa shape index (κ3) is 22.0. The number of likely N-dealkylation sites (tertiary alicyclic amines) is 1. The van der Waals surface area contributed by atoms with Crippen LogP contribution in [0.3, 0.4) is 0 Å². The molecule has 1 unspecified atom stereocenters. The Kier molecular flexibility index (Phi) is 33.1. The highest BCUT2D eigenvalue weighted by molar-refractivity contribution is 6.34. The molecule has 0 amide bonds. The number of rotatable bonds is 21. The molecular formula is C62H99ClFN7. The van der Waals surface area contributed by atoms with Crippen LogP contribution in [0.4, 0.5) is 10.1 Å². The van der Waals surface area contributed by atoms with E-state index in [1.807, 2.05) is 69.3 Å². The van der Waals surface area contributed by atoms with E-state index in [9.17, 15) is 9.80 Å². The molecule has 2 aliphatic rings. The minimum Gasteiger partial charge on any atom is -0.384 e. The second-order valence-corrected chi connectivity index (χ2v) is 19.5. The zero-order valence-electron chi connectivity index (χ0n) is 47.0. The van der Waals surface area contributed by atoms with Gasteiger partial charge in [-0.05, 0) is 163 Å². The molecule has 71 heavy (non-hydrogen) atoms. The van der Waals surface area contributed by atoms with E-state index < -0.39 is 0 Å².